The monoisotopic (exact) mass is 513 g/mol. The number of carbonyl (C=O) groups is 1. The number of benzene rings is 3. The number of hydrogen-bond donors (Lipinski definition) is 0. The van der Waals surface area contributed by atoms with Crippen LogP contribution in [0.15, 0.2) is 79.0 Å². The first-order chi connectivity index (χ1) is 18.0. The van der Waals surface area contributed by atoms with Crippen LogP contribution in [0.4, 0.5) is 4.39 Å². The lowest BCUT2D eigenvalue weighted by Gasteiger charge is -2.26. The van der Waals surface area contributed by atoms with E-state index in [4.69, 9.17) is 11.6 Å². The van der Waals surface area contributed by atoms with Crippen molar-refractivity contribution in [2.24, 2.45) is 0 Å². The van der Waals surface area contributed by atoms with Crippen LogP contribution in [-0.4, -0.2) is 33.7 Å². The van der Waals surface area contributed by atoms with E-state index in [-0.39, 0.29) is 10.8 Å². The van der Waals surface area contributed by atoms with Crippen molar-refractivity contribution < 1.29 is 9.18 Å². The second-order valence-corrected chi connectivity index (χ2v) is 10.00. The van der Waals surface area contributed by atoms with Gasteiger partial charge in [0.1, 0.15) is 5.82 Å². The summed E-state index contributed by atoms with van der Waals surface area (Å²) in [5, 5.41) is 0.0617. The minimum Gasteiger partial charge on any atom is -0.299 e. The van der Waals surface area contributed by atoms with Gasteiger partial charge >= 0.3 is 0 Å². The highest BCUT2D eigenvalue weighted by Gasteiger charge is 2.13. The molecule has 188 valence electrons. The third-order valence-electron chi connectivity index (χ3n) is 6.78. The summed E-state index contributed by atoms with van der Waals surface area (Å²) in [5.41, 5.74) is 4.74. The minimum atomic E-state index is -0.492. The quantitative estimate of drug-likeness (QED) is 0.239. The van der Waals surface area contributed by atoms with Crippen LogP contribution in [0.1, 0.15) is 52.1 Å². The predicted octanol–water partition coefficient (Wildman–Crippen LogP) is 6.94. The van der Waals surface area contributed by atoms with Crippen molar-refractivity contribution in [2.75, 3.05) is 13.1 Å². The van der Waals surface area contributed by atoms with Gasteiger partial charge in [0.15, 0.2) is 11.6 Å². The lowest BCUT2D eigenvalue weighted by atomic mass is 9.99. The van der Waals surface area contributed by atoms with E-state index in [1.165, 1.54) is 30.9 Å². The van der Waals surface area contributed by atoms with Gasteiger partial charge in [-0.3, -0.25) is 9.69 Å². The number of nitrogens with zero attached hydrogens (tertiary/aromatic N) is 3. The van der Waals surface area contributed by atoms with E-state index in [2.05, 4.69) is 27.0 Å². The van der Waals surface area contributed by atoms with E-state index >= 15 is 0 Å². The van der Waals surface area contributed by atoms with E-state index in [1.54, 1.807) is 24.4 Å². The number of piperidine rings is 1. The van der Waals surface area contributed by atoms with Gasteiger partial charge in [-0.2, -0.15) is 0 Å². The molecule has 4 aromatic rings. The fourth-order valence-corrected chi connectivity index (χ4v) is 5.00. The van der Waals surface area contributed by atoms with E-state index in [1.807, 2.05) is 36.4 Å². The Bertz CT molecular complexity index is 1380. The first-order valence-corrected chi connectivity index (χ1v) is 13.1. The molecule has 0 unspecified atom stereocenters. The van der Waals surface area contributed by atoms with Crippen LogP contribution < -0.4 is 0 Å². The highest BCUT2D eigenvalue weighted by molar-refractivity contribution is 6.31. The fourth-order valence-electron chi connectivity index (χ4n) is 4.83. The molecule has 0 amide bonds. The van der Waals surface area contributed by atoms with Gasteiger partial charge in [0.2, 0.25) is 0 Å². The summed E-state index contributed by atoms with van der Waals surface area (Å²) in [6.45, 7) is 3.26. The molecule has 1 aliphatic heterocycles. The molecule has 0 bridgehead atoms. The summed E-state index contributed by atoms with van der Waals surface area (Å²) in [4.78, 5) is 24.4. The van der Waals surface area contributed by atoms with Crippen LogP contribution in [0, 0.1) is 5.82 Å². The molecule has 1 saturated heterocycles. The fraction of sp³-hybridized carbons (Fsp3) is 0.258. The van der Waals surface area contributed by atoms with E-state index in [9.17, 15) is 9.18 Å². The third kappa shape index (κ3) is 6.48. The van der Waals surface area contributed by atoms with Crippen LogP contribution in [0.25, 0.3) is 11.3 Å². The predicted molar refractivity (Wildman–Crippen MR) is 145 cm³/mol. The van der Waals surface area contributed by atoms with Crippen LogP contribution in [0.2, 0.25) is 5.02 Å². The standard InChI is InChI=1S/C31H29ClFN3O/c32-27-9-5-8-26(31(27)33)28-14-15-34-30(35-28)20-24-7-4-6-23(18-24)19-29(37)25-12-10-22(11-13-25)21-36-16-2-1-3-17-36/h4-15,18H,1-3,16-17,19-21H2. The Morgan fingerprint density at radius 2 is 1.65 bits per heavy atom. The maximum absolute atomic E-state index is 14.5. The Labute approximate surface area is 222 Å². The molecule has 0 radical (unpaired) electrons. The third-order valence-corrected chi connectivity index (χ3v) is 7.07. The van der Waals surface area contributed by atoms with E-state index in [0.29, 0.717) is 29.9 Å². The van der Waals surface area contributed by atoms with Crippen molar-refractivity contribution in [3.8, 4) is 11.3 Å². The second-order valence-electron chi connectivity index (χ2n) is 9.59. The molecule has 0 atom stereocenters. The van der Waals surface area contributed by atoms with Crippen LogP contribution >= 0.6 is 11.6 Å². The van der Waals surface area contributed by atoms with Gasteiger partial charge in [-0.25, -0.2) is 14.4 Å². The Morgan fingerprint density at radius 1 is 0.892 bits per heavy atom. The molecule has 0 spiro atoms. The maximum Gasteiger partial charge on any atom is 0.167 e. The highest BCUT2D eigenvalue weighted by Crippen LogP contribution is 2.26. The number of aromatic nitrogens is 2. The lowest BCUT2D eigenvalue weighted by Crippen LogP contribution is -2.29. The SMILES string of the molecule is O=C(Cc1cccc(Cc2nccc(-c3cccc(Cl)c3F)n2)c1)c1ccc(CN2CCCCC2)cc1. The van der Waals surface area contributed by atoms with Crippen molar-refractivity contribution >= 4 is 17.4 Å². The smallest absolute Gasteiger partial charge is 0.167 e. The van der Waals surface area contributed by atoms with Crippen LogP contribution in [0.3, 0.4) is 0 Å². The van der Waals surface area contributed by atoms with Gasteiger partial charge in [0, 0.05) is 36.7 Å². The summed E-state index contributed by atoms with van der Waals surface area (Å²) in [7, 11) is 0. The highest BCUT2D eigenvalue weighted by atomic mass is 35.5. The van der Waals surface area contributed by atoms with Crippen molar-refractivity contribution in [3.05, 3.63) is 118 Å². The molecule has 5 rings (SSSR count). The van der Waals surface area contributed by atoms with Gasteiger partial charge in [0.25, 0.3) is 0 Å². The van der Waals surface area contributed by atoms with Crippen molar-refractivity contribution in [1.29, 1.82) is 0 Å². The second kappa shape index (κ2) is 11.8. The number of hydrogen-bond acceptors (Lipinski definition) is 4. The largest absolute Gasteiger partial charge is 0.299 e. The van der Waals surface area contributed by atoms with E-state index in [0.717, 1.165) is 36.3 Å². The molecular weight excluding hydrogens is 485 g/mol. The normalized spacial score (nSPS) is 14.0. The molecule has 37 heavy (non-hydrogen) atoms. The Hall–Kier alpha value is -3.41. The summed E-state index contributed by atoms with van der Waals surface area (Å²) >= 11 is 5.94. The number of Topliss-reactive ketones (excluding diaryl/α,β-unsaturated/α-hetero) is 1. The van der Waals surface area contributed by atoms with Gasteiger partial charge in [0.05, 0.1) is 10.7 Å². The summed E-state index contributed by atoms with van der Waals surface area (Å²) in [5.74, 6) is 0.176. The van der Waals surface area contributed by atoms with Crippen molar-refractivity contribution in [3.63, 3.8) is 0 Å². The molecule has 1 aromatic heterocycles. The Kier molecular flexibility index (Phi) is 8.02. The molecule has 3 aromatic carbocycles. The minimum absolute atomic E-state index is 0.0617. The topological polar surface area (TPSA) is 46.1 Å². The van der Waals surface area contributed by atoms with E-state index < -0.39 is 5.82 Å². The van der Waals surface area contributed by atoms with Crippen molar-refractivity contribution in [2.45, 2.75) is 38.6 Å². The van der Waals surface area contributed by atoms with Gasteiger partial charge in [-0.1, -0.05) is 72.6 Å². The first-order valence-electron chi connectivity index (χ1n) is 12.7. The Morgan fingerprint density at radius 3 is 2.46 bits per heavy atom. The summed E-state index contributed by atoms with van der Waals surface area (Å²) in [6.07, 6.45) is 6.30. The molecular formula is C31H29ClFN3O. The van der Waals surface area contributed by atoms with Crippen LogP contribution in [-0.2, 0) is 19.4 Å². The molecule has 0 saturated carbocycles. The Balaban J connectivity index is 1.24. The zero-order valence-corrected chi connectivity index (χ0v) is 21.4. The average molecular weight is 514 g/mol. The molecule has 1 aliphatic rings. The summed E-state index contributed by atoms with van der Waals surface area (Å²) in [6, 6.07) is 22.5. The molecule has 6 heteroatoms. The number of halogens is 2. The number of rotatable bonds is 8. The van der Waals surface area contributed by atoms with Gasteiger partial charge in [-0.05, 0) is 60.8 Å². The lowest BCUT2D eigenvalue weighted by molar-refractivity contribution is 0.0993. The van der Waals surface area contributed by atoms with Gasteiger partial charge in [-0.15, -0.1) is 0 Å². The zero-order valence-electron chi connectivity index (χ0n) is 20.7. The number of carbonyl (C=O) groups excluding carboxylic acids is 1. The zero-order chi connectivity index (χ0) is 25.6. The first kappa shape index (κ1) is 25.2. The molecule has 4 nitrogen and oxygen atoms in total. The number of ketones is 1. The van der Waals surface area contributed by atoms with Crippen molar-refractivity contribution in [1.82, 2.24) is 14.9 Å². The average Bonchev–Trinajstić information content (AvgIpc) is 2.91. The molecule has 0 N–H and O–H groups in total. The molecule has 0 aliphatic carbocycles. The summed E-state index contributed by atoms with van der Waals surface area (Å²) < 4.78 is 14.5. The molecule has 2 heterocycles. The number of likely N-dealkylation sites (tertiary alicyclic amines) is 1. The molecule has 1 fully saturated rings. The van der Waals surface area contributed by atoms with Gasteiger partial charge < -0.3 is 0 Å². The van der Waals surface area contributed by atoms with Crippen LogP contribution in [0.5, 0.6) is 0 Å². The maximum atomic E-state index is 14.5.